The van der Waals surface area contributed by atoms with E-state index in [1.165, 1.54) is 10.0 Å². The number of hydrogen-bond donors (Lipinski definition) is 0. The molecule has 7 heavy (non-hydrogen) atoms. The number of halogens is 2. The summed E-state index contributed by atoms with van der Waals surface area (Å²) in [5.74, 6) is 0. The molecule has 0 spiro atoms. The third-order valence-electron chi connectivity index (χ3n) is 0.636. The molecule has 0 aromatic heterocycles. The summed E-state index contributed by atoms with van der Waals surface area (Å²) >= 11 is 4.71. The van der Waals surface area contributed by atoms with E-state index in [-0.39, 0.29) is 0 Å². The fraction of sp³-hybridized carbons (Fsp3) is 0.600. The van der Waals surface area contributed by atoms with Crippen LogP contribution in [0.25, 0.3) is 0 Å². The average Bonchev–Trinajstić information content (AvgIpc) is 1.68. The smallest absolute Gasteiger partial charge is 0.0203 e. The molecule has 0 unspecified atom stereocenters. The van der Waals surface area contributed by atoms with Crippen molar-refractivity contribution in [3.8, 4) is 0 Å². The summed E-state index contributed by atoms with van der Waals surface area (Å²) in [7, 11) is 0. The van der Waals surface area contributed by atoms with Crippen molar-refractivity contribution in [3.05, 3.63) is 11.6 Å². The fourth-order valence-electron chi connectivity index (χ4n) is 0.186. The minimum atomic E-state index is 1.15. The first-order valence-corrected chi connectivity index (χ1v) is 5.14. The van der Waals surface area contributed by atoms with E-state index in [9.17, 15) is 0 Å². The maximum absolute atomic E-state index is 2.37. The lowest BCUT2D eigenvalue weighted by molar-refractivity contribution is 1.42. The molecule has 0 saturated carbocycles. The van der Waals surface area contributed by atoms with Gasteiger partial charge in [-0.15, -0.1) is 0 Å². The van der Waals surface area contributed by atoms with Gasteiger partial charge < -0.3 is 0 Å². The van der Waals surface area contributed by atoms with E-state index < -0.39 is 0 Å². The molecule has 0 aliphatic heterocycles. The Labute approximate surface area is 72.0 Å². The zero-order valence-corrected chi connectivity index (χ0v) is 8.56. The summed E-state index contributed by atoms with van der Waals surface area (Å²) in [5.41, 5.74) is 1.48. The van der Waals surface area contributed by atoms with Crippen LogP contribution in [-0.2, 0) is 0 Å². The van der Waals surface area contributed by atoms with E-state index >= 15 is 0 Å². The third kappa shape index (κ3) is 5.06. The van der Waals surface area contributed by atoms with Crippen molar-refractivity contribution in [1.29, 1.82) is 0 Å². The number of allylic oxidation sites excluding steroid dienone is 2. The molecular formula is C5H8I2. The van der Waals surface area contributed by atoms with Crippen molar-refractivity contribution in [3.63, 3.8) is 0 Å². The predicted octanol–water partition coefficient (Wildman–Crippen LogP) is 2.80. The first-order valence-electron chi connectivity index (χ1n) is 2.08. The second-order valence-electron chi connectivity index (χ2n) is 1.34. The highest BCUT2D eigenvalue weighted by Gasteiger charge is 1.78. The summed E-state index contributed by atoms with van der Waals surface area (Å²) in [6.07, 6.45) is 2.24. The van der Waals surface area contributed by atoms with E-state index in [1.54, 1.807) is 0 Å². The lowest BCUT2D eigenvalue weighted by atomic mass is 10.3. The van der Waals surface area contributed by atoms with Crippen LogP contribution in [0.3, 0.4) is 0 Å². The summed E-state index contributed by atoms with van der Waals surface area (Å²) in [4.78, 5) is 0. The van der Waals surface area contributed by atoms with Gasteiger partial charge in [-0.05, 0) is 6.92 Å². The van der Waals surface area contributed by atoms with Crippen molar-refractivity contribution in [2.24, 2.45) is 0 Å². The highest BCUT2D eigenvalue weighted by molar-refractivity contribution is 14.1. The number of alkyl halides is 2. The maximum atomic E-state index is 2.37. The molecule has 0 nitrogen and oxygen atoms in total. The van der Waals surface area contributed by atoms with Gasteiger partial charge in [-0.25, -0.2) is 0 Å². The van der Waals surface area contributed by atoms with E-state index in [4.69, 9.17) is 0 Å². The maximum Gasteiger partial charge on any atom is 0.0203 e. The van der Waals surface area contributed by atoms with Crippen LogP contribution in [0.5, 0.6) is 0 Å². The predicted molar refractivity (Wildman–Crippen MR) is 51.5 cm³/mol. The highest BCUT2D eigenvalue weighted by Crippen LogP contribution is 1.98. The van der Waals surface area contributed by atoms with Gasteiger partial charge in [0.25, 0.3) is 0 Å². The fourth-order valence-corrected chi connectivity index (χ4v) is 1.25. The molecule has 0 N–H and O–H groups in total. The van der Waals surface area contributed by atoms with Gasteiger partial charge in [-0.1, -0.05) is 56.8 Å². The SMILES string of the molecule is C/C(=C\CI)CI. The summed E-state index contributed by atoms with van der Waals surface area (Å²) in [5, 5.41) is 0. The first-order chi connectivity index (χ1) is 3.31. The number of rotatable bonds is 2. The van der Waals surface area contributed by atoms with Crippen molar-refractivity contribution in [2.75, 3.05) is 8.86 Å². The van der Waals surface area contributed by atoms with Gasteiger partial charge in [0.05, 0.1) is 0 Å². The van der Waals surface area contributed by atoms with E-state index in [0.717, 1.165) is 4.43 Å². The summed E-state index contributed by atoms with van der Waals surface area (Å²) in [6, 6.07) is 0. The molecule has 42 valence electrons. The molecule has 0 bridgehead atoms. The second kappa shape index (κ2) is 5.34. The van der Waals surface area contributed by atoms with Crippen molar-refractivity contribution < 1.29 is 0 Å². The molecular weight excluding hydrogens is 314 g/mol. The Kier molecular flexibility index (Phi) is 6.25. The minimum absolute atomic E-state index is 1.15. The third-order valence-corrected chi connectivity index (χ3v) is 2.28. The van der Waals surface area contributed by atoms with Crippen molar-refractivity contribution >= 4 is 45.2 Å². The van der Waals surface area contributed by atoms with Crippen LogP contribution in [0, 0.1) is 0 Å². The first kappa shape index (κ1) is 8.20. The van der Waals surface area contributed by atoms with Gasteiger partial charge in [0.15, 0.2) is 0 Å². The minimum Gasteiger partial charge on any atom is -0.0818 e. The van der Waals surface area contributed by atoms with Gasteiger partial charge in [0.1, 0.15) is 0 Å². The van der Waals surface area contributed by atoms with Gasteiger partial charge in [-0.3, -0.25) is 0 Å². The van der Waals surface area contributed by atoms with Crippen LogP contribution in [0.2, 0.25) is 0 Å². The quantitative estimate of drug-likeness (QED) is 0.417. The molecule has 0 heterocycles. The molecule has 0 saturated heterocycles. The average molecular weight is 322 g/mol. The molecule has 0 fully saturated rings. The Morgan fingerprint density at radius 2 is 2.14 bits per heavy atom. The van der Waals surface area contributed by atoms with Gasteiger partial charge >= 0.3 is 0 Å². The molecule has 0 atom stereocenters. The van der Waals surface area contributed by atoms with Crippen LogP contribution < -0.4 is 0 Å². The van der Waals surface area contributed by atoms with Crippen molar-refractivity contribution in [1.82, 2.24) is 0 Å². The van der Waals surface area contributed by atoms with Crippen LogP contribution in [0.1, 0.15) is 6.92 Å². The topological polar surface area (TPSA) is 0 Å². The molecule has 0 aliphatic rings. The summed E-state index contributed by atoms with van der Waals surface area (Å²) in [6.45, 7) is 2.16. The Balaban J connectivity index is 3.29. The van der Waals surface area contributed by atoms with E-state index in [2.05, 4.69) is 58.2 Å². The Hall–Kier alpha value is 1.20. The van der Waals surface area contributed by atoms with Gasteiger partial charge in [0.2, 0.25) is 0 Å². The van der Waals surface area contributed by atoms with E-state index in [0.29, 0.717) is 0 Å². The molecule has 2 heteroatoms. The molecule has 0 radical (unpaired) electrons. The standard InChI is InChI=1S/C5H8I2/c1-5(4-7)2-3-6/h2H,3-4H2,1H3/b5-2+. The zero-order valence-electron chi connectivity index (χ0n) is 4.25. The lowest BCUT2D eigenvalue weighted by Gasteiger charge is -1.86. The Bertz CT molecular complexity index is 66.5. The normalized spacial score (nSPS) is 12.1. The lowest BCUT2D eigenvalue weighted by Crippen LogP contribution is -1.73. The van der Waals surface area contributed by atoms with Crippen LogP contribution >= 0.6 is 45.2 Å². The van der Waals surface area contributed by atoms with Crippen molar-refractivity contribution in [2.45, 2.75) is 6.92 Å². The Morgan fingerprint density at radius 1 is 1.57 bits per heavy atom. The molecule has 0 aliphatic carbocycles. The highest BCUT2D eigenvalue weighted by atomic mass is 127. The molecule has 0 rings (SSSR count). The van der Waals surface area contributed by atoms with Gasteiger partial charge in [-0.2, -0.15) is 0 Å². The van der Waals surface area contributed by atoms with Gasteiger partial charge in [0, 0.05) is 8.86 Å². The van der Waals surface area contributed by atoms with Crippen LogP contribution in [-0.4, -0.2) is 8.86 Å². The Morgan fingerprint density at radius 3 is 2.29 bits per heavy atom. The molecule has 0 aromatic carbocycles. The molecule has 0 amide bonds. The van der Waals surface area contributed by atoms with Crippen LogP contribution in [0.4, 0.5) is 0 Å². The molecule has 0 aromatic rings. The van der Waals surface area contributed by atoms with Crippen LogP contribution in [0.15, 0.2) is 11.6 Å². The second-order valence-corrected chi connectivity index (χ2v) is 2.98. The summed E-state index contributed by atoms with van der Waals surface area (Å²) < 4.78 is 2.31. The monoisotopic (exact) mass is 322 g/mol. The largest absolute Gasteiger partial charge is 0.0818 e. The van der Waals surface area contributed by atoms with E-state index in [1.807, 2.05) is 0 Å². The number of hydrogen-bond acceptors (Lipinski definition) is 0. The zero-order chi connectivity index (χ0) is 5.70.